The zero-order valence-corrected chi connectivity index (χ0v) is 24.7. The molecule has 0 saturated heterocycles. The Balaban J connectivity index is 1.70. The predicted molar refractivity (Wildman–Crippen MR) is 158 cm³/mol. The third kappa shape index (κ3) is 7.33. The van der Waals surface area contributed by atoms with Crippen molar-refractivity contribution >= 4 is 27.5 Å². The molecule has 0 spiro atoms. The van der Waals surface area contributed by atoms with Crippen LogP contribution in [0.1, 0.15) is 55.7 Å². The number of anilines is 1. The molecule has 1 aliphatic carbocycles. The molecular formula is C32H38FN3O4S. The Morgan fingerprint density at radius 2 is 1.61 bits per heavy atom. The molecule has 1 saturated carbocycles. The normalized spacial score (nSPS) is 14.7. The summed E-state index contributed by atoms with van der Waals surface area (Å²) in [5.41, 5.74) is 2.23. The lowest BCUT2D eigenvalue weighted by Gasteiger charge is -2.33. The molecule has 218 valence electrons. The highest BCUT2D eigenvalue weighted by atomic mass is 32.2. The maximum atomic E-state index is 14.7. The molecule has 1 aliphatic rings. The summed E-state index contributed by atoms with van der Waals surface area (Å²) in [7, 11) is -4.16. The van der Waals surface area contributed by atoms with Gasteiger partial charge in [-0.3, -0.25) is 13.9 Å². The minimum Gasteiger partial charge on any atom is -0.352 e. The molecule has 0 heterocycles. The van der Waals surface area contributed by atoms with Crippen LogP contribution >= 0.6 is 0 Å². The number of carbonyl (C=O) groups excluding carboxylic acids is 2. The van der Waals surface area contributed by atoms with E-state index in [0.717, 1.165) is 42.0 Å². The first-order valence-corrected chi connectivity index (χ1v) is 15.5. The molecular weight excluding hydrogens is 541 g/mol. The third-order valence-electron chi connectivity index (χ3n) is 7.65. The van der Waals surface area contributed by atoms with E-state index in [-0.39, 0.29) is 29.0 Å². The molecule has 3 aromatic rings. The lowest BCUT2D eigenvalue weighted by atomic mass is 9.95. The number of benzene rings is 3. The fraction of sp³-hybridized carbons (Fsp3) is 0.375. The van der Waals surface area contributed by atoms with Crippen molar-refractivity contribution in [3.05, 3.63) is 95.3 Å². The van der Waals surface area contributed by atoms with Crippen molar-refractivity contribution in [1.29, 1.82) is 0 Å². The van der Waals surface area contributed by atoms with Gasteiger partial charge in [-0.05, 0) is 63.4 Å². The SMILES string of the molecule is Cc1ccc(N(CC(=O)N(Cc2ccccc2F)[C@@H](C)C(=O)NC2CCCCC2)S(=O)(=O)c2ccccc2)c(C)c1. The van der Waals surface area contributed by atoms with E-state index in [9.17, 15) is 22.4 Å². The standard InChI is InChI=1S/C32H38FN3O4S/c1-23-18-19-30(24(2)20-23)36(41(39,40)28-15-8-5-9-16-28)22-31(37)35(21-26-12-10-11-17-29(26)33)25(3)32(38)34-27-13-6-4-7-14-27/h5,8-12,15-20,25,27H,4,6-7,13-14,21-22H2,1-3H3,(H,34,38)/t25-/m0/s1. The van der Waals surface area contributed by atoms with Crippen molar-refractivity contribution in [3.63, 3.8) is 0 Å². The van der Waals surface area contributed by atoms with Crippen LogP contribution in [0.25, 0.3) is 0 Å². The van der Waals surface area contributed by atoms with Crippen LogP contribution in [0.2, 0.25) is 0 Å². The lowest BCUT2D eigenvalue weighted by Crippen LogP contribution is -2.53. The number of hydrogen-bond acceptors (Lipinski definition) is 4. The molecule has 41 heavy (non-hydrogen) atoms. The average molecular weight is 580 g/mol. The Morgan fingerprint density at radius 3 is 2.27 bits per heavy atom. The van der Waals surface area contributed by atoms with Gasteiger partial charge in [-0.25, -0.2) is 12.8 Å². The summed E-state index contributed by atoms with van der Waals surface area (Å²) in [4.78, 5) is 28.7. The van der Waals surface area contributed by atoms with Gasteiger partial charge in [0.15, 0.2) is 0 Å². The Labute approximate surface area is 242 Å². The maximum absolute atomic E-state index is 14.7. The van der Waals surface area contributed by atoms with Gasteiger partial charge in [0.1, 0.15) is 18.4 Å². The fourth-order valence-corrected chi connectivity index (χ4v) is 6.78. The smallest absolute Gasteiger partial charge is 0.264 e. The minimum atomic E-state index is -4.16. The molecule has 0 aromatic heterocycles. The maximum Gasteiger partial charge on any atom is 0.264 e. The van der Waals surface area contributed by atoms with E-state index in [0.29, 0.717) is 11.3 Å². The van der Waals surface area contributed by atoms with Crippen molar-refractivity contribution in [1.82, 2.24) is 10.2 Å². The Morgan fingerprint density at radius 1 is 0.951 bits per heavy atom. The summed E-state index contributed by atoms with van der Waals surface area (Å²) >= 11 is 0. The van der Waals surface area contributed by atoms with E-state index in [4.69, 9.17) is 0 Å². The van der Waals surface area contributed by atoms with Gasteiger partial charge in [-0.2, -0.15) is 0 Å². The molecule has 7 nitrogen and oxygen atoms in total. The van der Waals surface area contributed by atoms with Gasteiger partial charge in [-0.15, -0.1) is 0 Å². The van der Waals surface area contributed by atoms with Crippen LogP contribution < -0.4 is 9.62 Å². The van der Waals surface area contributed by atoms with Gasteiger partial charge in [-0.1, -0.05) is 73.4 Å². The van der Waals surface area contributed by atoms with Crippen molar-refractivity contribution in [2.75, 3.05) is 10.8 Å². The van der Waals surface area contributed by atoms with Crippen molar-refractivity contribution in [2.24, 2.45) is 0 Å². The summed E-state index contributed by atoms with van der Waals surface area (Å²) in [6.45, 7) is 4.55. The average Bonchev–Trinajstić information content (AvgIpc) is 2.96. The number of amides is 2. The largest absolute Gasteiger partial charge is 0.352 e. The highest BCUT2D eigenvalue weighted by molar-refractivity contribution is 7.92. The van der Waals surface area contributed by atoms with Crippen LogP contribution in [-0.2, 0) is 26.2 Å². The van der Waals surface area contributed by atoms with Gasteiger partial charge in [0.05, 0.1) is 10.6 Å². The van der Waals surface area contributed by atoms with Gasteiger partial charge < -0.3 is 10.2 Å². The summed E-state index contributed by atoms with van der Waals surface area (Å²) < 4.78 is 43.7. The van der Waals surface area contributed by atoms with E-state index >= 15 is 0 Å². The highest BCUT2D eigenvalue weighted by Gasteiger charge is 2.34. The lowest BCUT2D eigenvalue weighted by molar-refractivity contribution is -0.139. The highest BCUT2D eigenvalue weighted by Crippen LogP contribution is 2.28. The molecule has 1 atom stereocenters. The van der Waals surface area contributed by atoms with Crippen molar-refractivity contribution < 1.29 is 22.4 Å². The monoisotopic (exact) mass is 579 g/mol. The number of aryl methyl sites for hydroxylation is 2. The van der Waals surface area contributed by atoms with Crippen LogP contribution in [0.5, 0.6) is 0 Å². The van der Waals surface area contributed by atoms with Crippen molar-refractivity contribution in [3.8, 4) is 0 Å². The molecule has 1 N–H and O–H groups in total. The summed E-state index contributed by atoms with van der Waals surface area (Å²) in [5.74, 6) is -1.46. The zero-order valence-electron chi connectivity index (χ0n) is 23.8. The topological polar surface area (TPSA) is 86.8 Å². The van der Waals surface area contributed by atoms with Crippen LogP contribution in [0.15, 0.2) is 77.7 Å². The summed E-state index contributed by atoms with van der Waals surface area (Å²) in [6, 6.07) is 18.4. The van der Waals surface area contributed by atoms with E-state index in [1.165, 1.54) is 23.1 Å². The van der Waals surface area contributed by atoms with Crippen molar-refractivity contribution in [2.45, 2.75) is 76.4 Å². The van der Waals surface area contributed by atoms with Crippen LogP contribution in [0.4, 0.5) is 10.1 Å². The second-order valence-electron chi connectivity index (χ2n) is 10.7. The number of hydrogen-bond donors (Lipinski definition) is 1. The molecule has 4 rings (SSSR count). The molecule has 2 amide bonds. The van der Waals surface area contributed by atoms with Crippen LogP contribution in [-0.4, -0.2) is 43.8 Å². The first kappa shape index (κ1) is 30.2. The van der Waals surface area contributed by atoms with Crippen LogP contribution in [0.3, 0.4) is 0 Å². The van der Waals surface area contributed by atoms with Gasteiger partial charge >= 0.3 is 0 Å². The number of carbonyl (C=O) groups is 2. The quantitative estimate of drug-likeness (QED) is 0.344. The molecule has 3 aromatic carbocycles. The Kier molecular flexibility index (Phi) is 9.81. The molecule has 0 radical (unpaired) electrons. The third-order valence-corrected chi connectivity index (χ3v) is 9.42. The van der Waals surface area contributed by atoms with E-state index in [1.807, 2.05) is 13.0 Å². The second-order valence-corrected chi connectivity index (χ2v) is 12.6. The molecule has 9 heteroatoms. The minimum absolute atomic E-state index is 0.0225. The van der Waals surface area contributed by atoms with Crippen LogP contribution in [0, 0.1) is 19.7 Å². The number of nitrogens with zero attached hydrogens (tertiary/aromatic N) is 2. The fourth-order valence-electron chi connectivity index (χ4n) is 5.28. The van der Waals surface area contributed by atoms with E-state index < -0.39 is 34.3 Å². The van der Waals surface area contributed by atoms with Gasteiger partial charge in [0, 0.05) is 18.2 Å². The Hall–Kier alpha value is -3.72. The van der Waals surface area contributed by atoms with E-state index in [1.54, 1.807) is 62.4 Å². The summed E-state index contributed by atoms with van der Waals surface area (Å²) in [5, 5.41) is 3.05. The molecule has 0 aliphatic heterocycles. The predicted octanol–water partition coefficient (Wildman–Crippen LogP) is 5.50. The summed E-state index contributed by atoms with van der Waals surface area (Å²) in [6.07, 6.45) is 4.92. The number of nitrogens with one attached hydrogen (secondary N) is 1. The molecule has 0 bridgehead atoms. The number of rotatable bonds is 10. The van der Waals surface area contributed by atoms with Gasteiger partial charge in [0.25, 0.3) is 10.0 Å². The second kappa shape index (κ2) is 13.3. The number of halogens is 1. The Bertz CT molecular complexity index is 1470. The first-order valence-electron chi connectivity index (χ1n) is 14.1. The molecule has 0 unspecified atom stereocenters. The number of sulfonamides is 1. The first-order chi connectivity index (χ1) is 19.6. The van der Waals surface area contributed by atoms with Gasteiger partial charge in [0.2, 0.25) is 11.8 Å². The van der Waals surface area contributed by atoms with E-state index in [2.05, 4.69) is 5.32 Å². The molecule has 1 fully saturated rings. The zero-order chi connectivity index (χ0) is 29.6.